The van der Waals surface area contributed by atoms with Gasteiger partial charge in [0.2, 0.25) is 0 Å². The molecule has 6 nitrogen and oxygen atoms in total. The highest BCUT2D eigenvalue weighted by molar-refractivity contribution is 9.10. The summed E-state index contributed by atoms with van der Waals surface area (Å²) in [5.41, 5.74) is -0.602. The average molecular weight is 353 g/mol. The Labute approximate surface area is 118 Å². The van der Waals surface area contributed by atoms with Crippen molar-refractivity contribution in [3.05, 3.63) is 39.0 Å². The van der Waals surface area contributed by atoms with Crippen molar-refractivity contribution >= 4 is 21.6 Å². The Balaban J connectivity index is 2.16. The van der Waals surface area contributed by atoms with E-state index in [1.807, 2.05) is 0 Å². The van der Waals surface area contributed by atoms with Crippen molar-refractivity contribution in [1.82, 2.24) is 14.9 Å². The fraction of sp³-hybridized carbons (Fsp3) is 0.300. The quantitative estimate of drug-likeness (QED) is 0.912. The Bertz CT molecular complexity index is 639. The first kappa shape index (κ1) is 14.6. The normalized spacial score (nSPS) is 11.6. The maximum Gasteiger partial charge on any atom is 0.408 e. The number of halogens is 4. The van der Waals surface area contributed by atoms with Crippen LogP contribution < -0.4 is 10.9 Å². The van der Waals surface area contributed by atoms with Crippen molar-refractivity contribution in [1.29, 1.82) is 0 Å². The minimum Gasteiger partial charge on any atom is -0.375 e. The molecule has 1 N–H and O–H groups in total. The minimum absolute atomic E-state index is 0.0312. The number of anilines is 1. The maximum atomic E-state index is 12.2. The highest BCUT2D eigenvalue weighted by Gasteiger charge is 2.29. The van der Waals surface area contributed by atoms with Gasteiger partial charge in [-0.1, -0.05) is 5.16 Å². The van der Waals surface area contributed by atoms with Gasteiger partial charge in [-0.15, -0.1) is 0 Å². The van der Waals surface area contributed by atoms with Gasteiger partial charge in [-0.2, -0.15) is 18.3 Å². The molecule has 2 aromatic heterocycles. The highest BCUT2D eigenvalue weighted by atomic mass is 79.9. The van der Waals surface area contributed by atoms with Crippen LogP contribution in [0.5, 0.6) is 0 Å². The first-order chi connectivity index (χ1) is 9.37. The smallest absolute Gasteiger partial charge is 0.375 e. The van der Waals surface area contributed by atoms with Crippen LogP contribution in [0, 0.1) is 0 Å². The summed E-state index contributed by atoms with van der Waals surface area (Å²) in [5, 5.41) is 9.77. The fourth-order valence-electron chi connectivity index (χ4n) is 1.39. The number of rotatable bonds is 4. The Morgan fingerprint density at radius 1 is 1.45 bits per heavy atom. The molecule has 0 radical (unpaired) electrons. The molecule has 20 heavy (non-hydrogen) atoms. The second kappa shape index (κ2) is 5.65. The molecule has 108 valence electrons. The first-order valence-corrected chi connectivity index (χ1v) is 6.12. The lowest BCUT2D eigenvalue weighted by atomic mass is 10.4. The molecule has 0 aliphatic heterocycles. The van der Waals surface area contributed by atoms with Crippen molar-refractivity contribution in [2.45, 2.75) is 19.3 Å². The number of nitrogens with zero attached hydrogens (tertiary/aromatic N) is 3. The predicted octanol–water partition coefficient (Wildman–Crippen LogP) is 2.17. The Hall–Kier alpha value is -1.84. The number of alkyl halides is 3. The lowest BCUT2D eigenvalue weighted by molar-refractivity contribution is -0.143. The summed E-state index contributed by atoms with van der Waals surface area (Å²) in [6, 6.07) is 1.61. The number of hydrogen-bond acceptors (Lipinski definition) is 5. The minimum atomic E-state index is -4.51. The Morgan fingerprint density at radius 3 is 2.80 bits per heavy atom. The number of nitrogens with one attached hydrogen (secondary N) is 1. The van der Waals surface area contributed by atoms with Gasteiger partial charge in [0.1, 0.15) is 11.0 Å². The molecule has 0 fully saturated rings. The number of hydrogen-bond donors (Lipinski definition) is 1. The number of aromatic nitrogens is 3. The molecule has 2 aromatic rings. The third kappa shape index (κ3) is 3.59. The molecular weight excluding hydrogens is 345 g/mol. The summed E-state index contributed by atoms with van der Waals surface area (Å²) in [6.45, 7) is -1.21. The van der Waals surface area contributed by atoms with Gasteiger partial charge in [-0.25, -0.2) is 4.68 Å². The van der Waals surface area contributed by atoms with Crippen molar-refractivity contribution in [2.75, 3.05) is 5.32 Å². The van der Waals surface area contributed by atoms with E-state index in [-0.39, 0.29) is 16.7 Å². The molecule has 0 atom stereocenters. The van der Waals surface area contributed by atoms with E-state index in [1.165, 1.54) is 6.20 Å². The van der Waals surface area contributed by atoms with Crippen LogP contribution in [0.1, 0.15) is 5.76 Å². The molecule has 2 heterocycles. The van der Waals surface area contributed by atoms with E-state index in [2.05, 4.69) is 31.5 Å². The van der Waals surface area contributed by atoms with E-state index in [1.54, 1.807) is 6.07 Å². The van der Waals surface area contributed by atoms with E-state index in [0.29, 0.717) is 10.4 Å². The molecule has 2 rings (SSSR count). The molecule has 0 amide bonds. The van der Waals surface area contributed by atoms with Crippen LogP contribution in [0.4, 0.5) is 18.9 Å². The molecule has 0 aromatic carbocycles. The van der Waals surface area contributed by atoms with Gasteiger partial charge in [0.05, 0.1) is 24.6 Å². The highest BCUT2D eigenvalue weighted by Crippen LogP contribution is 2.20. The van der Waals surface area contributed by atoms with Crippen molar-refractivity contribution in [3.63, 3.8) is 0 Å². The fourth-order valence-corrected chi connectivity index (χ4v) is 1.83. The summed E-state index contributed by atoms with van der Waals surface area (Å²) in [7, 11) is 0. The summed E-state index contributed by atoms with van der Waals surface area (Å²) in [4.78, 5) is 11.7. The zero-order valence-electron chi connectivity index (χ0n) is 9.82. The zero-order chi connectivity index (χ0) is 14.8. The van der Waals surface area contributed by atoms with Gasteiger partial charge in [-0.05, 0) is 15.9 Å². The van der Waals surface area contributed by atoms with Crippen LogP contribution in [0.3, 0.4) is 0 Å². The van der Waals surface area contributed by atoms with E-state index in [0.717, 1.165) is 6.20 Å². The van der Waals surface area contributed by atoms with Gasteiger partial charge in [0, 0.05) is 6.07 Å². The molecule has 0 saturated carbocycles. The van der Waals surface area contributed by atoms with Gasteiger partial charge >= 0.3 is 6.18 Å². The third-order valence-corrected chi connectivity index (χ3v) is 3.02. The van der Waals surface area contributed by atoms with Crippen LogP contribution in [0.25, 0.3) is 0 Å². The molecule has 0 aliphatic carbocycles. The summed E-state index contributed by atoms with van der Waals surface area (Å²) >= 11 is 2.95. The van der Waals surface area contributed by atoms with E-state index < -0.39 is 18.3 Å². The molecule has 0 bridgehead atoms. The summed E-state index contributed by atoms with van der Waals surface area (Å²) < 4.78 is 41.9. The molecule has 0 aliphatic rings. The van der Waals surface area contributed by atoms with Gasteiger partial charge in [0.15, 0.2) is 5.76 Å². The van der Waals surface area contributed by atoms with E-state index in [9.17, 15) is 18.0 Å². The summed E-state index contributed by atoms with van der Waals surface area (Å²) in [6.07, 6.45) is -1.93. The SMILES string of the molecule is O=c1c(Br)c(NCc2ccno2)cnn1CC(F)(F)F. The van der Waals surface area contributed by atoms with Crippen molar-refractivity contribution < 1.29 is 17.7 Å². The lowest BCUT2D eigenvalue weighted by Gasteiger charge is -2.11. The Kier molecular flexibility index (Phi) is 4.12. The van der Waals surface area contributed by atoms with Gasteiger partial charge in [0.25, 0.3) is 5.56 Å². The molecule has 0 spiro atoms. The van der Waals surface area contributed by atoms with Crippen LogP contribution >= 0.6 is 15.9 Å². The first-order valence-electron chi connectivity index (χ1n) is 5.32. The van der Waals surface area contributed by atoms with E-state index in [4.69, 9.17) is 4.52 Å². The standard InChI is InChI=1S/C10H8BrF3N4O2/c11-8-7(15-3-6-1-2-17-20-6)4-16-18(9(8)19)5-10(12,13)14/h1-2,4,15H,3,5H2. The Morgan fingerprint density at radius 2 is 2.20 bits per heavy atom. The second-order valence-corrected chi connectivity index (χ2v) is 4.58. The molecule has 10 heteroatoms. The molecule has 0 unspecified atom stereocenters. The van der Waals surface area contributed by atoms with E-state index >= 15 is 0 Å². The molecule has 0 saturated heterocycles. The van der Waals surface area contributed by atoms with Crippen molar-refractivity contribution in [3.8, 4) is 0 Å². The maximum absolute atomic E-state index is 12.2. The average Bonchev–Trinajstić information content (AvgIpc) is 2.86. The zero-order valence-corrected chi connectivity index (χ0v) is 11.4. The van der Waals surface area contributed by atoms with Gasteiger partial charge < -0.3 is 9.84 Å². The lowest BCUT2D eigenvalue weighted by Crippen LogP contribution is -2.31. The summed E-state index contributed by atoms with van der Waals surface area (Å²) in [5.74, 6) is 0.511. The topological polar surface area (TPSA) is 73.0 Å². The van der Waals surface area contributed by atoms with Crippen molar-refractivity contribution in [2.24, 2.45) is 0 Å². The second-order valence-electron chi connectivity index (χ2n) is 3.78. The van der Waals surface area contributed by atoms with Gasteiger partial charge in [-0.3, -0.25) is 4.79 Å². The predicted molar refractivity (Wildman–Crippen MR) is 66.1 cm³/mol. The van der Waals surface area contributed by atoms with Crippen LogP contribution in [0.15, 0.2) is 32.3 Å². The largest absolute Gasteiger partial charge is 0.408 e. The van der Waals surface area contributed by atoms with Crippen LogP contribution in [-0.4, -0.2) is 21.1 Å². The van der Waals surface area contributed by atoms with Crippen LogP contribution in [-0.2, 0) is 13.1 Å². The third-order valence-electron chi connectivity index (χ3n) is 2.26. The van der Waals surface area contributed by atoms with Crippen LogP contribution in [0.2, 0.25) is 0 Å². The molecular formula is C10H8BrF3N4O2. The monoisotopic (exact) mass is 352 g/mol.